The van der Waals surface area contributed by atoms with Gasteiger partial charge in [0, 0.05) is 16.2 Å². The van der Waals surface area contributed by atoms with Crippen molar-refractivity contribution < 1.29 is 32.9 Å². The Balaban J connectivity index is 1.46. The molecule has 6 nitrogen and oxygen atoms in total. The van der Waals surface area contributed by atoms with Gasteiger partial charge in [0.15, 0.2) is 13.2 Å². The van der Waals surface area contributed by atoms with Crippen LogP contribution in [0.2, 0.25) is 0 Å². The predicted molar refractivity (Wildman–Crippen MR) is 137 cm³/mol. The van der Waals surface area contributed by atoms with Gasteiger partial charge in [-0.2, -0.15) is 0 Å². The van der Waals surface area contributed by atoms with E-state index >= 15 is 4.39 Å². The number of hydrogen-bond acceptors (Lipinski definition) is 6. The van der Waals surface area contributed by atoms with Crippen LogP contribution < -0.4 is 18.9 Å². The van der Waals surface area contributed by atoms with Crippen molar-refractivity contribution in [1.29, 1.82) is 0 Å². The molecular formula is C30H21FO6. The molecule has 0 aliphatic rings. The van der Waals surface area contributed by atoms with Crippen LogP contribution >= 0.6 is 0 Å². The van der Waals surface area contributed by atoms with E-state index < -0.39 is 31.0 Å². The molecule has 5 aromatic carbocycles. The summed E-state index contributed by atoms with van der Waals surface area (Å²) in [6.45, 7) is -0.833. The molecule has 0 unspecified atom stereocenters. The molecular weight excluding hydrogens is 475 g/mol. The first-order valence-corrected chi connectivity index (χ1v) is 11.5. The Kier molecular flexibility index (Phi) is 6.94. The van der Waals surface area contributed by atoms with Crippen LogP contribution in [0.3, 0.4) is 0 Å². The average Bonchev–Trinajstić information content (AvgIpc) is 2.92. The second-order valence-electron chi connectivity index (χ2n) is 8.02. The topological polar surface area (TPSA) is 71.1 Å². The molecule has 0 aliphatic heterocycles. The number of esters is 2. The Hall–Kier alpha value is -4.91. The van der Waals surface area contributed by atoms with E-state index in [1.807, 2.05) is 6.07 Å². The maximum Gasteiger partial charge on any atom is 0.349 e. The van der Waals surface area contributed by atoms with Crippen LogP contribution in [0.15, 0.2) is 103 Å². The zero-order chi connectivity index (χ0) is 25.6. The average molecular weight is 496 g/mol. The summed E-state index contributed by atoms with van der Waals surface area (Å²) in [7, 11) is 0. The van der Waals surface area contributed by atoms with Crippen LogP contribution in [0.1, 0.15) is 0 Å². The van der Waals surface area contributed by atoms with Gasteiger partial charge >= 0.3 is 11.9 Å². The Morgan fingerprint density at radius 2 is 1.00 bits per heavy atom. The molecule has 0 heterocycles. The van der Waals surface area contributed by atoms with Crippen LogP contribution in [0.5, 0.6) is 23.0 Å². The van der Waals surface area contributed by atoms with Gasteiger partial charge in [0.2, 0.25) is 0 Å². The lowest BCUT2D eigenvalue weighted by Gasteiger charge is -2.18. The molecule has 0 radical (unpaired) electrons. The zero-order valence-corrected chi connectivity index (χ0v) is 19.6. The fourth-order valence-electron chi connectivity index (χ4n) is 3.97. The largest absolute Gasteiger partial charge is 0.481 e. The van der Waals surface area contributed by atoms with Crippen LogP contribution in [-0.2, 0) is 9.59 Å². The fourth-order valence-corrected chi connectivity index (χ4v) is 3.97. The molecule has 37 heavy (non-hydrogen) atoms. The number of carbonyl (C=O) groups excluding carboxylic acids is 2. The van der Waals surface area contributed by atoms with Crippen LogP contribution in [0.25, 0.3) is 21.5 Å². The summed E-state index contributed by atoms with van der Waals surface area (Å²) in [6.07, 6.45) is 0. The van der Waals surface area contributed by atoms with Gasteiger partial charge in [-0.1, -0.05) is 72.8 Å². The molecule has 5 rings (SSSR count). The molecule has 0 saturated carbocycles. The van der Waals surface area contributed by atoms with E-state index in [0.29, 0.717) is 33.4 Å². The lowest BCUT2D eigenvalue weighted by atomic mass is 10.00. The Labute approximate surface area is 211 Å². The van der Waals surface area contributed by atoms with Gasteiger partial charge in [-0.05, 0) is 30.3 Å². The van der Waals surface area contributed by atoms with Crippen molar-refractivity contribution in [3.8, 4) is 23.0 Å². The summed E-state index contributed by atoms with van der Waals surface area (Å²) in [4.78, 5) is 24.8. The van der Waals surface area contributed by atoms with Crippen molar-refractivity contribution in [2.75, 3.05) is 13.2 Å². The highest BCUT2D eigenvalue weighted by atomic mass is 19.1. The molecule has 5 aromatic rings. The molecule has 0 aliphatic carbocycles. The smallest absolute Gasteiger partial charge is 0.349 e. The van der Waals surface area contributed by atoms with E-state index in [9.17, 15) is 9.59 Å². The number of ether oxygens (including phenoxy) is 4. The Morgan fingerprint density at radius 3 is 1.57 bits per heavy atom. The maximum atomic E-state index is 15.2. The van der Waals surface area contributed by atoms with Gasteiger partial charge in [-0.3, -0.25) is 0 Å². The second-order valence-corrected chi connectivity index (χ2v) is 8.02. The molecule has 0 aromatic heterocycles. The fraction of sp³-hybridized carbons (Fsp3) is 0.0667. The van der Waals surface area contributed by atoms with Gasteiger partial charge in [0.05, 0.1) is 5.39 Å². The monoisotopic (exact) mass is 496 g/mol. The molecule has 0 spiro atoms. The van der Waals surface area contributed by atoms with Gasteiger partial charge in [-0.25, -0.2) is 14.0 Å². The summed E-state index contributed by atoms with van der Waals surface area (Å²) < 4.78 is 37.5. The third kappa shape index (κ3) is 5.36. The summed E-state index contributed by atoms with van der Waals surface area (Å²) in [5.74, 6) is -0.563. The van der Waals surface area contributed by atoms with Gasteiger partial charge in [-0.15, -0.1) is 0 Å². The molecule has 0 N–H and O–H groups in total. The molecule has 0 saturated heterocycles. The highest BCUT2D eigenvalue weighted by Gasteiger charge is 2.21. The van der Waals surface area contributed by atoms with Crippen molar-refractivity contribution in [3.05, 3.63) is 109 Å². The first-order valence-electron chi connectivity index (χ1n) is 11.5. The highest BCUT2D eigenvalue weighted by Crippen LogP contribution is 2.43. The van der Waals surface area contributed by atoms with E-state index in [1.54, 1.807) is 84.9 Å². The SMILES string of the molecule is O=C(COc1c2ccccc2c(OCC(=O)Oc2ccccc2)c2c(F)cccc12)Oc1ccccc1. The number of benzene rings is 5. The van der Waals surface area contributed by atoms with Crippen LogP contribution in [0.4, 0.5) is 4.39 Å². The number of fused-ring (bicyclic) bond motifs is 2. The minimum atomic E-state index is -0.635. The molecule has 7 heteroatoms. The van der Waals surface area contributed by atoms with Crippen molar-refractivity contribution >= 4 is 33.5 Å². The van der Waals surface area contributed by atoms with E-state index in [4.69, 9.17) is 18.9 Å². The van der Waals surface area contributed by atoms with Gasteiger partial charge in [0.1, 0.15) is 28.8 Å². The standard InChI is InChI=1S/C30H21FO6/c31-25-17-9-16-24-28(25)30(35-19-27(33)37-21-12-5-2-6-13-21)23-15-8-7-14-22(23)29(24)34-18-26(32)36-20-10-3-1-4-11-20/h1-17H,18-19H2. The van der Waals surface area contributed by atoms with Crippen molar-refractivity contribution in [3.63, 3.8) is 0 Å². The Bertz CT molecular complexity index is 1570. The lowest BCUT2D eigenvalue weighted by molar-refractivity contribution is -0.137. The number of carbonyl (C=O) groups is 2. The van der Waals surface area contributed by atoms with Crippen molar-refractivity contribution in [1.82, 2.24) is 0 Å². The maximum absolute atomic E-state index is 15.2. The molecule has 0 amide bonds. The first kappa shape index (κ1) is 23.8. The summed E-state index contributed by atoms with van der Waals surface area (Å²) in [5, 5.41) is 1.61. The van der Waals surface area contributed by atoms with Gasteiger partial charge in [0.25, 0.3) is 0 Å². The molecule has 184 valence electrons. The minimum absolute atomic E-state index is 0.125. The summed E-state index contributed by atoms with van der Waals surface area (Å²) >= 11 is 0. The Morgan fingerprint density at radius 1 is 0.541 bits per heavy atom. The predicted octanol–water partition coefficient (Wildman–Crippen LogP) is 6.10. The third-order valence-corrected chi connectivity index (χ3v) is 5.52. The van der Waals surface area contributed by atoms with E-state index in [-0.39, 0.29) is 11.1 Å². The number of halogens is 1. The normalized spacial score (nSPS) is 10.7. The lowest BCUT2D eigenvalue weighted by Crippen LogP contribution is -2.19. The first-order chi connectivity index (χ1) is 18.1. The van der Waals surface area contributed by atoms with Crippen molar-refractivity contribution in [2.45, 2.75) is 0 Å². The van der Waals surface area contributed by atoms with E-state index in [0.717, 1.165) is 0 Å². The zero-order valence-electron chi connectivity index (χ0n) is 19.6. The highest BCUT2D eigenvalue weighted by molar-refractivity contribution is 6.11. The summed E-state index contributed by atoms with van der Waals surface area (Å²) in [5.41, 5.74) is 0. The van der Waals surface area contributed by atoms with Crippen LogP contribution in [-0.4, -0.2) is 25.2 Å². The third-order valence-electron chi connectivity index (χ3n) is 5.52. The van der Waals surface area contributed by atoms with Crippen molar-refractivity contribution in [2.24, 2.45) is 0 Å². The molecule has 0 atom stereocenters. The summed E-state index contributed by atoms with van der Waals surface area (Å²) in [6, 6.07) is 28.8. The van der Waals surface area contributed by atoms with Crippen LogP contribution in [0, 0.1) is 5.82 Å². The second kappa shape index (κ2) is 10.8. The quantitative estimate of drug-likeness (QED) is 0.147. The number of hydrogen-bond donors (Lipinski definition) is 0. The number of rotatable bonds is 8. The van der Waals surface area contributed by atoms with E-state index in [2.05, 4.69) is 0 Å². The minimum Gasteiger partial charge on any atom is -0.481 e. The molecule has 0 bridgehead atoms. The molecule has 0 fully saturated rings. The van der Waals surface area contributed by atoms with E-state index in [1.165, 1.54) is 12.1 Å². The number of para-hydroxylation sites is 2. The van der Waals surface area contributed by atoms with Gasteiger partial charge < -0.3 is 18.9 Å².